The minimum atomic E-state index is -2.15. The van der Waals surface area contributed by atoms with Crippen molar-refractivity contribution in [2.75, 3.05) is 0 Å². The molecule has 0 saturated carbocycles. The molecule has 0 heterocycles. The van der Waals surface area contributed by atoms with Crippen LogP contribution in [0.2, 0.25) is 0 Å². The summed E-state index contributed by atoms with van der Waals surface area (Å²) in [7, 11) is -4.29. The molecule has 0 saturated heterocycles. The fraction of sp³-hybridized carbons (Fsp3) is 0. The van der Waals surface area contributed by atoms with Gasteiger partial charge in [0.05, 0.1) is 0 Å². The van der Waals surface area contributed by atoms with Crippen molar-refractivity contribution in [1.82, 2.24) is 0 Å². The van der Waals surface area contributed by atoms with E-state index in [0.717, 1.165) is 0 Å². The molecule has 2 N–H and O–H groups in total. The maximum atomic E-state index is 10.3. The summed E-state index contributed by atoms with van der Waals surface area (Å²) in [6.07, 6.45) is 0. The van der Waals surface area contributed by atoms with Gasteiger partial charge in [0, 0.05) is 0 Å². The van der Waals surface area contributed by atoms with Gasteiger partial charge in [-0.3, -0.25) is 0 Å². The molecule has 0 aliphatic carbocycles. The molecule has 0 radical (unpaired) electrons. The van der Waals surface area contributed by atoms with Crippen LogP contribution in [0.25, 0.3) is 0 Å². The van der Waals surface area contributed by atoms with E-state index in [-0.39, 0.29) is 0 Å². The molecule has 0 fully saturated rings. The van der Waals surface area contributed by atoms with Gasteiger partial charge in [0.2, 0.25) is 10.6 Å². The largest absolute Gasteiger partial charge is 0.546 e. The molecule has 4 nitrogen and oxygen atoms in total. The maximum Gasteiger partial charge on any atom is 0.546 e. The van der Waals surface area contributed by atoms with Gasteiger partial charge in [0.25, 0.3) is 0 Å². The first-order chi connectivity index (χ1) is 8.61. The van der Waals surface area contributed by atoms with Crippen molar-refractivity contribution in [2.24, 2.45) is 0 Å². The molecule has 0 aliphatic rings. The Balaban J connectivity index is 0.000000180. The highest BCUT2D eigenvalue weighted by Gasteiger charge is 2.13. The van der Waals surface area contributed by atoms with E-state index in [0.29, 0.717) is 10.6 Å². The molecule has 18 heavy (non-hydrogen) atoms. The minimum absolute atomic E-state index is 0.479. The van der Waals surface area contributed by atoms with Gasteiger partial charge in [-0.25, -0.2) is 0 Å². The second kappa shape index (κ2) is 7.80. The van der Waals surface area contributed by atoms with E-state index in [1.165, 1.54) is 0 Å². The van der Waals surface area contributed by atoms with Gasteiger partial charge in [-0.15, -0.1) is 0 Å². The molecule has 92 valence electrons. The topological polar surface area (TPSA) is 74.6 Å². The highest BCUT2D eigenvalue weighted by molar-refractivity contribution is 7.47. The Morgan fingerprint density at radius 1 is 0.611 bits per heavy atom. The van der Waals surface area contributed by atoms with Crippen molar-refractivity contribution in [1.29, 1.82) is 0 Å². The van der Waals surface area contributed by atoms with E-state index >= 15 is 0 Å². The molecule has 2 rings (SSSR count). The number of rotatable bonds is 2. The zero-order valence-electron chi connectivity index (χ0n) is 9.38. The van der Waals surface area contributed by atoms with Gasteiger partial charge in [0.15, 0.2) is 0 Å². The van der Waals surface area contributed by atoms with E-state index in [1.807, 2.05) is 12.1 Å². The quantitative estimate of drug-likeness (QED) is 0.827. The van der Waals surface area contributed by atoms with E-state index < -0.39 is 16.1 Å². The molecule has 2 unspecified atom stereocenters. The van der Waals surface area contributed by atoms with Crippen LogP contribution in [0.1, 0.15) is 0 Å². The molecular weight excluding hydrogens is 270 g/mol. The summed E-state index contributed by atoms with van der Waals surface area (Å²) in [4.78, 5) is 17.1. The Morgan fingerprint density at radius 2 is 0.889 bits per heavy atom. The van der Waals surface area contributed by atoms with Crippen molar-refractivity contribution in [3.05, 3.63) is 60.7 Å². The lowest BCUT2D eigenvalue weighted by molar-refractivity contribution is 0.512. The second-order valence-electron chi connectivity index (χ2n) is 3.22. The van der Waals surface area contributed by atoms with Crippen LogP contribution in [0.5, 0.6) is 0 Å². The summed E-state index contributed by atoms with van der Waals surface area (Å²) >= 11 is 0. The van der Waals surface area contributed by atoms with Gasteiger partial charge in [0.1, 0.15) is 0 Å². The van der Waals surface area contributed by atoms with Crippen LogP contribution in [-0.4, -0.2) is 9.79 Å². The van der Waals surface area contributed by atoms with Gasteiger partial charge in [-0.2, -0.15) is 9.79 Å². The summed E-state index contributed by atoms with van der Waals surface area (Å²) in [6.45, 7) is 0. The third kappa shape index (κ3) is 5.26. The molecule has 2 atom stereocenters. The SMILES string of the molecule is O=[P+](O)c1ccccc1.O=[P+](O)c1ccccc1. The van der Waals surface area contributed by atoms with Crippen molar-refractivity contribution >= 4 is 26.7 Å². The smallest absolute Gasteiger partial charge is 0.156 e. The van der Waals surface area contributed by atoms with Crippen LogP contribution in [0.3, 0.4) is 0 Å². The molecule has 6 heteroatoms. The lowest BCUT2D eigenvalue weighted by Crippen LogP contribution is -1.91. The minimum Gasteiger partial charge on any atom is -0.156 e. The van der Waals surface area contributed by atoms with Gasteiger partial charge < -0.3 is 0 Å². The van der Waals surface area contributed by atoms with E-state index in [1.54, 1.807) is 48.5 Å². The predicted octanol–water partition coefficient (Wildman–Crippen LogP) is 2.09. The molecular formula is C12H12O4P2+2. The first-order valence-corrected chi connectivity index (χ1v) is 7.46. The summed E-state index contributed by atoms with van der Waals surface area (Å²) in [5.74, 6) is 0. The highest BCUT2D eigenvalue weighted by Crippen LogP contribution is 2.11. The second-order valence-corrected chi connectivity index (χ2v) is 5.34. The van der Waals surface area contributed by atoms with Crippen molar-refractivity contribution in [3.8, 4) is 0 Å². The van der Waals surface area contributed by atoms with Crippen LogP contribution < -0.4 is 10.6 Å². The van der Waals surface area contributed by atoms with Crippen LogP contribution in [0.4, 0.5) is 0 Å². The Morgan fingerprint density at radius 3 is 1.06 bits per heavy atom. The fourth-order valence-electron chi connectivity index (χ4n) is 1.11. The van der Waals surface area contributed by atoms with Crippen LogP contribution in [0, 0.1) is 0 Å². The maximum absolute atomic E-state index is 10.3. The Labute approximate surface area is 107 Å². The van der Waals surface area contributed by atoms with Gasteiger partial charge in [-0.05, 0) is 33.4 Å². The Hall–Kier alpha value is -1.44. The molecule has 0 aromatic heterocycles. The molecule has 2 aromatic carbocycles. The molecule has 2 aromatic rings. The highest BCUT2D eigenvalue weighted by atomic mass is 31.1. The zero-order valence-corrected chi connectivity index (χ0v) is 11.2. The summed E-state index contributed by atoms with van der Waals surface area (Å²) in [5.41, 5.74) is 0. The van der Waals surface area contributed by atoms with Gasteiger partial charge >= 0.3 is 16.1 Å². The van der Waals surface area contributed by atoms with Crippen LogP contribution in [-0.2, 0) is 9.13 Å². The number of benzene rings is 2. The third-order valence-corrected chi connectivity index (χ3v) is 3.43. The first kappa shape index (κ1) is 14.6. The lowest BCUT2D eigenvalue weighted by atomic mass is 10.4. The molecule has 0 spiro atoms. The lowest BCUT2D eigenvalue weighted by Gasteiger charge is -1.77. The van der Waals surface area contributed by atoms with Crippen LogP contribution in [0.15, 0.2) is 60.7 Å². The molecule has 0 amide bonds. The molecule has 0 aliphatic heterocycles. The number of hydrogen-bond acceptors (Lipinski definition) is 2. The van der Waals surface area contributed by atoms with E-state index in [2.05, 4.69) is 0 Å². The summed E-state index contributed by atoms with van der Waals surface area (Å²) < 4.78 is 20.7. The third-order valence-electron chi connectivity index (χ3n) is 1.95. The first-order valence-electron chi connectivity index (χ1n) is 5.03. The standard InChI is InChI=1S/2C6H5O2P/c2*7-9(8)6-4-2-1-3-5-6/h2*1-5H/p+2. The monoisotopic (exact) mass is 282 g/mol. The summed E-state index contributed by atoms with van der Waals surface area (Å²) in [5, 5.41) is 0.958. The Kier molecular flexibility index (Phi) is 6.34. The van der Waals surface area contributed by atoms with Crippen molar-refractivity contribution < 1.29 is 18.9 Å². The van der Waals surface area contributed by atoms with Crippen LogP contribution >= 0.6 is 16.1 Å². The zero-order chi connectivity index (χ0) is 13.4. The van der Waals surface area contributed by atoms with Crippen molar-refractivity contribution in [3.63, 3.8) is 0 Å². The predicted molar refractivity (Wildman–Crippen MR) is 71.8 cm³/mol. The summed E-state index contributed by atoms with van der Waals surface area (Å²) in [6, 6.07) is 17.1. The normalized spacial score (nSPS) is 11.0. The number of hydrogen-bond donors (Lipinski definition) is 2. The average molecular weight is 282 g/mol. The fourth-order valence-corrected chi connectivity index (χ4v) is 1.97. The van der Waals surface area contributed by atoms with Crippen molar-refractivity contribution in [2.45, 2.75) is 0 Å². The molecule has 0 bridgehead atoms. The average Bonchev–Trinajstić information content (AvgIpc) is 2.41. The van der Waals surface area contributed by atoms with E-state index in [9.17, 15) is 9.13 Å². The van der Waals surface area contributed by atoms with E-state index in [4.69, 9.17) is 9.79 Å². The van der Waals surface area contributed by atoms with Gasteiger partial charge in [-0.1, -0.05) is 36.4 Å². The Bertz CT molecular complexity index is 465.